The second-order valence-electron chi connectivity index (χ2n) is 9.10. The number of carbonyl (C=O) groups is 2. The molecule has 2 aromatic rings. The highest BCUT2D eigenvalue weighted by atomic mass is 35.5. The third-order valence-electron chi connectivity index (χ3n) is 5.68. The van der Waals surface area contributed by atoms with Gasteiger partial charge in [0.2, 0.25) is 21.8 Å². The van der Waals surface area contributed by atoms with Crippen LogP contribution in [0.1, 0.15) is 51.2 Å². The molecule has 36 heavy (non-hydrogen) atoms. The van der Waals surface area contributed by atoms with Gasteiger partial charge in [0, 0.05) is 35.6 Å². The van der Waals surface area contributed by atoms with Gasteiger partial charge in [0.05, 0.1) is 11.9 Å². The fourth-order valence-corrected chi connectivity index (χ4v) is 5.23. The highest BCUT2D eigenvalue weighted by Gasteiger charge is 2.29. The predicted molar refractivity (Wildman–Crippen MR) is 147 cm³/mol. The Bertz CT molecular complexity index is 1150. The largest absolute Gasteiger partial charge is 0.352 e. The second kappa shape index (κ2) is 13.3. The fourth-order valence-electron chi connectivity index (χ4n) is 3.92. The molecule has 0 radical (unpaired) electrons. The van der Waals surface area contributed by atoms with Crippen LogP contribution in [0.2, 0.25) is 10.0 Å². The van der Waals surface area contributed by atoms with Crippen LogP contribution in [-0.4, -0.2) is 50.0 Å². The Hall–Kier alpha value is -2.29. The quantitative estimate of drug-likeness (QED) is 0.391. The number of benzene rings is 2. The molecule has 2 amide bonds. The van der Waals surface area contributed by atoms with Gasteiger partial charge in [0.25, 0.3) is 0 Å². The number of carbonyl (C=O) groups excluding carboxylic acids is 2. The third-order valence-corrected chi connectivity index (χ3v) is 7.34. The van der Waals surface area contributed by atoms with Crippen molar-refractivity contribution >= 4 is 50.7 Å². The number of amides is 2. The molecule has 0 heterocycles. The number of sulfonamides is 1. The molecular weight excluding hydrogens is 521 g/mol. The number of rotatable bonds is 12. The molecule has 10 heteroatoms. The van der Waals surface area contributed by atoms with Crippen LogP contribution in [0.4, 0.5) is 5.69 Å². The number of hydrogen-bond donors (Lipinski definition) is 1. The van der Waals surface area contributed by atoms with Gasteiger partial charge in [-0.05, 0) is 69.0 Å². The summed E-state index contributed by atoms with van der Waals surface area (Å²) in [4.78, 5) is 27.9. The first-order chi connectivity index (χ1) is 16.8. The van der Waals surface area contributed by atoms with Gasteiger partial charge in [0.1, 0.15) is 6.04 Å². The predicted octanol–water partition coefficient (Wildman–Crippen LogP) is 5.18. The first-order valence-electron chi connectivity index (χ1n) is 11.9. The molecule has 0 unspecified atom stereocenters. The Morgan fingerprint density at radius 3 is 2.19 bits per heavy atom. The lowest BCUT2D eigenvalue weighted by molar-refractivity contribution is -0.141. The molecule has 0 aliphatic rings. The van der Waals surface area contributed by atoms with E-state index in [9.17, 15) is 18.0 Å². The van der Waals surface area contributed by atoms with E-state index < -0.39 is 16.1 Å². The number of aryl methyl sites for hydroxylation is 1. The molecule has 2 rings (SSSR count). The average molecular weight is 557 g/mol. The number of nitrogens with zero attached hydrogens (tertiary/aromatic N) is 2. The Labute approximate surface area is 224 Å². The minimum Gasteiger partial charge on any atom is -0.352 e. The van der Waals surface area contributed by atoms with E-state index in [-0.39, 0.29) is 43.8 Å². The smallest absolute Gasteiger partial charge is 0.243 e. The van der Waals surface area contributed by atoms with E-state index in [1.54, 1.807) is 35.2 Å². The van der Waals surface area contributed by atoms with Crippen LogP contribution < -0.4 is 9.62 Å². The molecule has 0 aliphatic carbocycles. The summed E-state index contributed by atoms with van der Waals surface area (Å²) < 4.78 is 26.4. The molecule has 0 aliphatic heterocycles. The molecule has 0 aromatic heterocycles. The number of halogens is 2. The van der Waals surface area contributed by atoms with Gasteiger partial charge in [0.15, 0.2) is 0 Å². The van der Waals surface area contributed by atoms with Gasteiger partial charge in [-0.15, -0.1) is 0 Å². The zero-order valence-electron chi connectivity index (χ0n) is 21.4. The monoisotopic (exact) mass is 555 g/mol. The molecule has 0 spiro atoms. The standard InChI is InChI=1S/C26H35Cl2N3O4S/c1-6-23(26(33)29-18(2)3)30(17-20-10-13-21(27)14-11-20)25(32)8-7-15-31(36(5,34)35)24-16-22(28)12-9-19(24)4/h9-14,16,18,23H,6-8,15,17H2,1-5H3,(H,29,33)/t23-/m1/s1. The molecule has 1 N–H and O–H groups in total. The maximum atomic E-state index is 13.4. The van der Waals surface area contributed by atoms with Crippen LogP contribution in [0, 0.1) is 6.92 Å². The van der Waals surface area contributed by atoms with Crippen LogP contribution in [0.25, 0.3) is 0 Å². The molecule has 198 valence electrons. The van der Waals surface area contributed by atoms with Crippen molar-refractivity contribution < 1.29 is 18.0 Å². The number of anilines is 1. The summed E-state index contributed by atoms with van der Waals surface area (Å²) in [6.45, 7) is 7.75. The minimum atomic E-state index is -3.60. The third kappa shape index (κ3) is 8.68. The molecule has 2 aromatic carbocycles. The topological polar surface area (TPSA) is 86.8 Å². The summed E-state index contributed by atoms with van der Waals surface area (Å²) in [5.41, 5.74) is 2.09. The molecule has 7 nitrogen and oxygen atoms in total. The van der Waals surface area contributed by atoms with Gasteiger partial charge in [-0.3, -0.25) is 13.9 Å². The van der Waals surface area contributed by atoms with Gasteiger partial charge in [-0.1, -0.05) is 48.3 Å². The van der Waals surface area contributed by atoms with Crippen LogP contribution >= 0.6 is 23.2 Å². The van der Waals surface area contributed by atoms with E-state index in [0.717, 1.165) is 17.4 Å². The van der Waals surface area contributed by atoms with E-state index >= 15 is 0 Å². The highest BCUT2D eigenvalue weighted by Crippen LogP contribution is 2.27. The van der Waals surface area contributed by atoms with E-state index in [4.69, 9.17) is 23.2 Å². The van der Waals surface area contributed by atoms with Crippen LogP contribution in [-0.2, 0) is 26.2 Å². The highest BCUT2D eigenvalue weighted by molar-refractivity contribution is 7.92. The lowest BCUT2D eigenvalue weighted by atomic mass is 10.1. The van der Waals surface area contributed by atoms with Crippen molar-refractivity contribution in [2.45, 2.75) is 65.6 Å². The lowest BCUT2D eigenvalue weighted by Crippen LogP contribution is -2.50. The number of nitrogens with one attached hydrogen (secondary N) is 1. The zero-order valence-corrected chi connectivity index (χ0v) is 23.8. The van der Waals surface area contributed by atoms with Crippen LogP contribution in [0.3, 0.4) is 0 Å². The van der Waals surface area contributed by atoms with Crippen LogP contribution in [0.15, 0.2) is 42.5 Å². The van der Waals surface area contributed by atoms with E-state index in [1.807, 2.05) is 39.8 Å². The van der Waals surface area contributed by atoms with E-state index in [0.29, 0.717) is 22.2 Å². The first kappa shape index (κ1) is 29.9. The summed E-state index contributed by atoms with van der Waals surface area (Å²) in [5.74, 6) is -0.450. The van der Waals surface area contributed by atoms with E-state index in [1.165, 1.54) is 4.31 Å². The molecule has 0 saturated carbocycles. The van der Waals surface area contributed by atoms with Crippen molar-refractivity contribution in [3.8, 4) is 0 Å². The van der Waals surface area contributed by atoms with Gasteiger partial charge >= 0.3 is 0 Å². The average Bonchev–Trinajstić information content (AvgIpc) is 2.78. The summed E-state index contributed by atoms with van der Waals surface area (Å²) in [6, 6.07) is 11.5. The van der Waals surface area contributed by atoms with Crippen LogP contribution in [0.5, 0.6) is 0 Å². The molecule has 0 saturated heterocycles. The summed E-state index contributed by atoms with van der Waals surface area (Å²) in [6.07, 6.45) is 1.92. The molecule has 1 atom stereocenters. The Kier molecular flexibility index (Phi) is 11.1. The van der Waals surface area contributed by atoms with Crippen molar-refractivity contribution in [3.05, 3.63) is 63.6 Å². The van der Waals surface area contributed by atoms with Crippen molar-refractivity contribution in [3.63, 3.8) is 0 Å². The van der Waals surface area contributed by atoms with Crippen molar-refractivity contribution in [1.82, 2.24) is 10.2 Å². The number of hydrogen-bond acceptors (Lipinski definition) is 4. The first-order valence-corrected chi connectivity index (χ1v) is 14.5. The SMILES string of the molecule is CC[C@H](C(=O)NC(C)C)N(Cc1ccc(Cl)cc1)C(=O)CCCN(c1cc(Cl)ccc1C)S(C)(=O)=O. The van der Waals surface area contributed by atoms with Crippen molar-refractivity contribution in [2.75, 3.05) is 17.1 Å². The molecule has 0 fully saturated rings. The van der Waals surface area contributed by atoms with Gasteiger partial charge < -0.3 is 10.2 Å². The van der Waals surface area contributed by atoms with Crippen molar-refractivity contribution in [2.24, 2.45) is 0 Å². The maximum Gasteiger partial charge on any atom is 0.243 e. The summed E-state index contributed by atoms with van der Waals surface area (Å²) in [7, 11) is -3.60. The summed E-state index contributed by atoms with van der Waals surface area (Å²) in [5, 5.41) is 3.91. The Morgan fingerprint density at radius 2 is 1.64 bits per heavy atom. The Morgan fingerprint density at radius 1 is 1.03 bits per heavy atom. The fraction of sp³-hybridized carbons (Fsp3) is 0.462. The molecular formula is C26H35Cl2N3O4S. The Balaban J connectivity index is 2.24. The maximum absolute atomic E-state index is 13.4. The molecule has 0 bridgehead atoms. The van der Waals surface area contributed by atoms with E-state index in [2.05, 4.69) is 5.32 Å². The van der Waals surface area contributed by atoms with Gasteiger partial charge in [-0.2, -0.15) is 0 Å². The zero-order chi connectivity index (χ0) is 27.0. The van der Waals surface area contributed by atoms with Crippen molar-refractivity contribution in [1.29, 1.82) is 0 Å². The lowest BCUT2D eigenvalue weighted by Gasteiger charge is -2.31. The van der Waals surface area contributed by atoms with Gasteiger partial charge in [-0.25, -0.2) is 8.42 Å². The minimum absolute atomic E-state index is 0.0664. The summed E-state index contributed by atoms with van der Waals surface area (Å²) >= 11 is 12.1. The normalized spacial score (nSPS) is 12.3. The second-order valence-corrected chi connectivity index (χ2v) is 11.9.